The fourth-order valence-electron chi connectivity index (χ4n) is 2.45. The van der Waals surface area contributed by atoms with E-state index in [9.17, 15) is 9.90 Å². The quantitative estimate of drug-likeness (QED) is 0.633. The first-order chi connectivity index (χ1) is 9.61. The number of ether oxygens (including phenoxy) is 1. The van der Waals surface area contributed by atoms with E-state index in [1.54, 1.807) is 6.07 Å². The van der Waals surface area contributed by atoms with E-state index < -0.39 is 5.97 Å². The van der Waals surface area contributed by atoms with E-state index in [0.29, 0.717) is 11.3 Å². The van der Waals surface area contributed by atoms with Crippen LogP contribution in [0.1, 0.15) is 16.1 Å². The number of aromatic amines is 1. The van der Waals surface area contributed by atoms with Crippen molar-refractivity contribution in [3.63, 3.8) is 0 Å². The molecule has 0 radical (unpaired) electrons. The van der Waals surface area contributed by atoms with E-state index in [-0.39, 0.29) is 12.3 Å². The van der Waals surface area contributed by atoms with Gasteiger partial charge in [-0.1, -0.05) is 0 Å². The van der Waals surface area contributed by atoms with Gasteiger partial charge >= 0.3 is 5.97 Å². The van der Waals surface area contributed by atoms with Gasteiger partial charge in [0.05, 0.1) is 18.3 Å². The molecule has 0 spiro atoms. The highest BCUT2D eigenvalue weighted by Crippen LogP contribution is 2.31. The molecule has 20 heavy (non-hydrogen) atoms. The Morgan fingerprint density at radius 3 is 2.95 bits per heavy atom. The van der Waals surface area contributed by atoms with Gasteiger partial charge in [0.15, 0.2) is 5.69 Å². The van der Waals surface area contributed by atoms with E-state index in [1.165, 1.54) is 13.3 Å². The van der Waals surface area contributed by atoms with Crippen LogP contribution in [0.15, 0.2) is 24.4 Å². The molecule has 2 aromatic heterocycles. The molecule has 6 heteroatoms. The van der Waals surface area contributed by atoms with Crippen molar-refractivity contribution in [2.45, 2.75) is 6.61 Å². The highest BCUT2D eigenvalue weighted by atomic mass is 16.5. The summed E-state index contributed by atoms with van der Waals surface area (Å²) in [5.74, 6) is -1.07. The van der Waals surface area contributed by atoms with Crippen molar-refractivity contribution in [1.82, 2.24) is 9.97 Å². The number of fused-ring (bicyclic) bond motifs is 3. The van der Waals surface area contributed by atoms with Crippen LogP contribution in [-0.2, 0) is 11.3 Å². The molecule has 0 unspecified atom stereocenters. The minimum absolute atomic E-state index is 0.00248. The van der Waals surface area contributed by atoms with Crippen LogP contribution in [-0.4, -0.2) is 28.2 Å². The molecule has 0 aliphatic carbocycles. The van der Waals surface area contributed by atoms with Crippen molar-refractivity contribution in [1.29, 1.82) is 0 Å². The lowest BCUT2D eigenvalue weighted by Crippen LogP contribution is -2.07. The van der Waals surface area contributed by atoms with Crippen molar-refractivity contribution in [3.05, 3.63) is 35.7 Å². The fourth-order valence-corrected chi connectivity index (χ4v) is 2.45. The van der Waals surface area contributed by atoms with Crippen LogP contribution >= 0.6 is 0 Å². The van der Waals surface area contributed by atoms with Gasteiger partial charge in [0.2, 0.25) is 0 Å². The molecule has 6 nitrogen and oxygen atoms in total. The van der Waals surface area contributed by atoms with Crippen LogP contribution in [0, 0.1) is 0 Å². The summed E-state index contributed by atoms with van der Waals surface area (Å²) in [6.07, 6.45) is 1.52. The standard InChI is InChI=1S/C14H13N3O3/c1-20-6-9-12-8-4-7(15)2-3-10(8)17-11(12)5-16-13(9)14(18)19/h2-5,17H,6,15H2,1H3,(H,18,19). The maximum atomic E-state index is 11.3. The molecular weight excluding hydrogens is 258 g/mol. The molecule has 1 aromatic carbocycles. The third-order valence-electron chi connectivity index (χ3n) is 3.25. The Hall–Kier alpha value is -2.60. The van der Waals surface area contributed by atoms with Gasteiger partial charge in [0, 0.05) is 34.6 Å². The molecule has 2 heterocycles. The molecule has 0 saturated heterocycles. The van der Waals surface area contributed by atoms with Crippen molar-refractivity contribution in [2.75, 3.05) is 12.8 Å². The van der Waals surface area contributed by atoms with Gasteiger partial charge in [-0.3, -0.25) is 0 Å². The number of nitrogens with two attached hydrogens (primary N) is 1. The Kier molecular flexibility index (Phi) is 2.80. The normalized spacial score (nSPS) is 11.2. The third-order valence-corrected chi connectivity index (χ3v) is 3.25. The number of nitrogens with zero attached hydrogens (tertiary/aromatic N) is 1. The minimum Gasteiger partial charge on any atom is -0.477 e. The number of nitrogen functional groups attached to an aromatic ring is 1. The molecule has 3 aromatic rings. The molecule has 0 amide bonds. The molecule has 3 rings (SSSR count). The predicted octanol–water partition coefficient (Wildman–Crippen LogP) is 2.14. The van der Waals surface area contributed by atoms with Crippen molar-refractivity contribution in [2.24, 2.45) is 0 Å². The fraction of sp³-hybridized carbons (Fsp3) is 0.143. The van der Waals surface area contributed by atoms with Gasteiger partial charge < -0.3 is 20.6 Å². The summed E-state index contributed by atoms with van der Waals surface area (Å²) < 4.78 is 5.13. The van der Waals surface area contributed by atoms with Gasteiger partial charge in [-0.25, -0.2) is 9.78 Å². The lowest BCUT2D eigenvalue weighted by atomic mass is 10.1. The number of aromatic carboxylic acids is 1. The Balaban J connectivity index is 2.46. The number of aromatic nitrogens is 2. The highest BCUT2D eigenvalue weighted by Gasteiger charge is 2.18. The highest BCUT2D eigenvalue weighted by molar-refractivity contribution is 6.11. The zero-order valence-electron chi connectivity index (χ0n) is 10.8. The summed E-state index contributed by atoms with van der Waals surface area (Å²) >= 11 is 0. The number of pyridine rings is 1. The second kappa shape index (κ2) is 4.50. The van der Waals surface area contributed by atoms with Gasteiger partial charge in [-0.2, -0.15) is 0 Å². The van der Waals surface area contributed by atoms with Crippen LogP contribution < -0.4 is 5.73 Å². The topological polar surface area (TPSA) is 101 Å². The number of carboxylic acids is 1. The van der Waals surface area contributed by atoms with Crippen molar-refractivity contribution in [3.8, 4) is 0 Å². The first-order valence-electron chi connectivity index (χ1n) is 6.03. The van der Waals surface area contributed by atoms with Crippen LogP contribution in [0.3, 0.4) is 0 Å². The summed E-state index contributed by atoms with van der Waals surface area (Å²) in [6.45, 7) is 0.174. The van der Waals surface area contributed by atoms with Crippen LogP contribution in [0.2, 0.25) is 0 Å². The Morgan fingerprint density at radius 2 is 2.25 bits per heavy atom. The molecule has 0 aliphatic rings. The largest absolute Gasteiger partial charge is 0.477 e. The van der Waals surface area contributed by atoms with Crippen LogP contribution in [0.5, 0.6) is 0 Å². The van der Waals surface area contributed by atoms with E-state index in [0.717, 1.165) is 21.8 Å². The Morgan fingerprint density at radius 1 is 1.45 bits per heavy atom. The van der Waals surface area contributed by atoms with Gasteiger partial charge in [0.25, 0.3) is 0 Å². The zero-order chi connectivity index (χ0) is 14.3. The summed E-state index contributed by atoms with van der Waals surface area (Å²) in [7, 11) is 1.52. The summed E-state index contributed by atoms with van der Waals surface area (Å²) in [5.41, 5.74) is 8.64. The number of methoxy groups -OCH3 is 1. The number of anilines is 1. The lowest BCUT2D eigenvalue weighted by Gasteiger charge is -2.06. The maximum Gasteiger partial charge on any atom is 0.354 e. The maximum absolute atomic E-state index is 11.3. The number of hydrogen-bond acceptors (Lipinski definition) is 4. The number of carbonyl (C=O) groups is 1. The summed E-state index contributed by atoms with van der Waals surface area (Å²) in [5, 5.41) is 10.9. The second-order valence-electron chi connectivity index (χ2n) is 4.54. The summed E-state index contributed by atoms with van der Waals surface area (Å²) in [6, 6.07) is 5.47. The molecule has 0 aliphatic heterocycles. The van der Waals surface area contributed by atoms with E-state index >= 15 is 0 Å². The first-order valence-corrected chi connectivity index (χ1v) is 6.03. The van der Waals surface area contributed by atoms with Gasteiger partial charge in [0.1, 0.15) is 0 Å². The number of rotatable bonds is 3. The Labute approximate surface area is 114 Å². The number of nitrogens with one attached hydrogen (secondary N) is 1. The average Bonchev–Trinajstić information content (AvgIpc) is 2.77. The number of benzene rings is 1. The molecule has 0 atom stereocenters. The van der Waals surface area contributed by atoms with Crippen molar-refractivity contribution >= 4 is 33.5 Å². The molecular formula is C14H13N3O3. The first kappa shape index (κ1) is 12.4. The molecule has 4 N–H and O–H groups in total. The van der Waals surface area contributed by atoms with Gasteiger partial charge in [-0.15, -0.1) is 0 Å². The summed E-state index contributed by atoms with van der Waals surface area (Å²) in [4.78, 5) is 18.5. The smallest absolute Gasteiger partial charge is 0.354 e. The number of H-pyrrole nitrogens is 1. The SMILES string of the molecule is COCc1c(C(=O)O)ncc2[nH]c3ccc(N)cc3c12. The van der Waals surface area contributed by atoms with Crippen LogP contribution in [0.4, 0.5) is 5.69 Å². The zero-order valence-corrected chi connectivity index (χ0v) is 10.8. The van der Waals surface area contributed by atoms with E-state index in [4.69, 9.17) is 10.5 Å². The van der Waals surface area contributed by atoms with E-state index in [1.807, 2.05) is 12.1 Å². The number of hydrogen-bond donors (Lipinski definition) is 3. The molecule has 0 bridgehead atoms. The third kappa shape index (κ3) is 1.78. The monoisotopic (exact) mass is 271 g/mol. The Bertz CT molecular complexity index is 823. The average molecular weight is 271 g/mol. The molecule has 0 fully saturated rings. The molecule has 102 valence electrons. The minimum atomic E-state index is -1.07. The van der Waals surface area contributed by atoms with Gasteiger partial charge in [-0.05, 0) is 18.2 Å². The van der Waals surface area contributed by atoms with Crippen LogP contribution in [0.25, 0.3) is 21.8 Å². The predicted molar refractivity (Wildman–Crippen MR) is 75.7 cm³/mol. The lowest BCUT2D eigenvalue weighted by molar-refractivity contribution is 0.0685. The number of carboxylic acid groups (broad SMARTS) is 1. The molecule has 0 saturated carbocycles. The van der Waals surface area contributed by atoms with E-state index in [2.05, 4.69) is 9.97 Å². The second-order valence-corrected chi connectivity index (χ2v) is 4.54. The van der Waals surface area contributed by atoms with Crippen molar-refractivity contribution < 1.29 is 14.6 Å².